The molecule has 104 valence electrons. The van der Waals surface area contributed by atoms with E-state index in [4.69, 9.17) is 10.5 Å². The van der Waals surface area contributed by atoms with E-state index in [0.29, 0.717) is 11.4 Å². The van der Waals surface area contributed by atoms with Crippen molar-refractivity contribution >= 4 is 23.6 Å². The van der Waals surface area contributed by atoms with Crippen LogP contribution in [0, 0.1) is 0 Å². The summed E-state index contributed by atoms with van der Waals surface area (Å²) >= 11 is 1.56. The number of β-lactam (4-membered cyclic amide) rings is 1. The van der Waals surface area contributed by atoms with Gasteiger partial charge in [-0.3, -0.25) is 9.69 Å². The molecule has 0 aromatic heterocycles. The van der Waals surface area contributed by atoms with Crippen LogP contribution in [0.25, 0.3) is 0 Å². The van der Waals surface area contributed by atoms with Gasteiger partial charge in [-0.25, -0.2) is 4.79 Å². The largest absolute Gasteiger partial charge is 0.456 e. The highest BCUT2D eigenvalue weighted by Crippen LogP contribution is 2.36. The lowest BCUT2D eigenvalue weighted by molar-refractivity contribution is -0.151. The average molecular weight is 290 g/mol. The predicted molar refractivity (Wildman–Crippen MR) is 75.4 cm³/mol. The maximum absolute atomic E-state index is 12.1. The fourth-order valence-corrected chi connectivity index (χ4v) is 3.36. The van der Waals surface area contributed by atoms with Gasteiger partial charge in [0.15, 0.2) is 0 Å². The van der Waals surface area contributed by atoms with E-state index in [-0.39, 0.29) is 17.9 Å². The van der Waals surface area contributed by atoms with Crippen molar-refractivity contribution in [3.63, 3.8) is 0 Å². The molecule has 2 aliphatic rings. The van der Waals surface area contributed by atoms with Crippen LogP contribution in [0.5, 0.6) is 0 Å². The van der Waals surface area contributed by atoms with Crippen molar-refractivity contribution in [2.24, 2.45) is 5.73 Å². The van der Waals surface area contributed by atoms with Crippen LogP contribution >= 0.6 is 11.8 Å². The fraction of sp³-hybridized carbons (Fsp3) is 0.286. The smallest absolute Gasteiger partial charge is 0.355 e. The molecule has 2 heterocycles. The first-order valence-electron chi connectivity index (χ1n) is 6.30. The van der Waals surface area contributed by atoms with Crippen LogP contribution in [-0.2, 0) is 20.9 Å². The van der Waals surface area contributed by atoms with E-state index in [1.807, 2.05) is 30.3 Å². The molecule has 0 bridgehead atoms. The van der Waals surface area contributed by atoms with Crippen LogP contribution in [0.1, 0.15) is 5.56 Å². The number of rotatable bonds is 3. The second kappa shape index (κ2) is 5.30. The summed E-state index contributed by atoms with van der Waals surface area (Å²) in [6.45, 7) is 0.197. The minimum Gasteiger partial charge on any atom is -0.456 e. The Bertz CT molecular complexity index is 573. The van der Waals surface area contributed by atoms with Gasteiger partial charge in [0.05, 0.1) is 0 Å². The number of esters is 1. The molecule has 0 aliphatic carbocycles. The van der Waals surface area contributed by atoms with E-state index in [0.717, 1.165) is 5.56 Å². The molecule has 0 saturated carbocycles. The highest BCUT2D eigenvalue weighted by molar-refractivity contribution is 8.00. The fourth-order valence-electron chi connectivity index (χ4n) is 2.22. The lowest BCUT2D eigenvalue weighted by Crippen LogP contribution is -2.68. The van der Waals surface area contributed by atoms with Crippen molar-refractivity contribution in [1.29, 1.82) is 0 Å². The van der Waals surface area contributed by atoms with Crippen molar-refractivity contribution < 1.29 is 14.3 Å². The molecule has 3 rings (SSSR count). The predicted octanol–water partition coefficient (Wildman–Crippen LogP) is 0.856. The molecule has 1 aromatic carbocycles. The molecule has 0 spiro atoms. The summed E-state index contributed by atoms with van der Waals surface area (Å²) in [5.74, 6) is -0.0257. The number of benzene rings is 1. The van der Waals surface area contributed by atoms with Crippen LogP contribution in [0.4, 0.5) is 0 Å². The number of ether oxygens (including phenoxy) is 1. The minimum absolute atomic E-state index is 0.133. The summed E-state index contributed by atoms with van der Waals surface area (Å²) in [6.07, 6.45) is 1.72. The van der Waals surface area contributed by atoms with Crippen molar-refractivity contribution in [1.82, 2.24) is 4.90 Å². The van der Waals surface area contributed by atoms with E-state index >= 15 is 0 Å². The maximum atomic E-state index is 12.1. The van der Waals surface area contributed by atoms with E-state index < -0.39 is 12.0 Å². The van der Waals surface area contributed by atoms with Gasteiger partial charge < -0.3 is 10.5 Å². The Morgan fingerprint density at radius 3 is 2.90 bits per heavy atom. The van der Waals surface area contributed by atoms with Crippen molar-refractivity contribution in [2.45, 2.75) is 18.0 Å². The van der Waals surface area contributed by atoms with Gasteiger partial charge in [0.1, 0.15) is 23.7 Å². The SMILES string of the molecule is N[C@@H]1C(=O)N2C(C(=O)OCc3ccccc3)=CCS[C@@H]12. The topological polar surface area (TPSA) is 72.6 Å². The quantitative estimate of drug-likeness (QED) is 0.660. The molecule has 2 N–H and O–H groups in total. The number of nitrogens with two attached hydrogens (primary N) is 1. The Hall–Kier alpha value is -1.79. The molecule has 5 nitrogen and oxygen atoms in total. The summed E-state index contributed by atoms with van der Waals surface area (Å²) in [6, 6.07) is 8.92. The summed E-state index contributed by atoms with van der Waals surface area (Å²) < 4.78 is 5.25. The Balaban J connectivity index is 1.65. The highest BCUT2D eigenvalue weighted by atomic mass is 32.2. The van der Waals surface area contributed by atoms with Gasteiger partial charge in [0.2, 0.25) is 5.91 Å². The second-order valence-corrected chi connectivity index (χ2v) is 5.76. The number of hydrogen-bond acceptors (Lipinski definition) is 5. The molecule has 2 aliphatic heterocycles. The molecule has 6 heteroatoms. The average Bonchev–Trinajstić information content (AvgIpc) is 2.52. The Kier molecular flexibility index (Phi) is 3.50. The highest BCUT2D eigenvalue weighted by Gasteiger charge is 2.50. The minimum atomic E-state index is -0.509. The zero-order chi connectivity index (χ0) is 14.1. The van der Waals surface area contributed by atoms with Crippen LogP contribution < -0.4 is 5.73 Å². The molecule has 0 radical (unpaired) electrons. The monoisotopic (exact) mass is 290 g/mol. The molecule has 1 fully saturated rings. The number of fused-ring (bicyclic) bond motifs is 1. The molecule has 0 unspecified atom stereocenters. The van der Waals surface area contributed by atoms with Crippen molar-refractivity contribution in [3.05, 3.63) is 47.7 Å². The first kappa shape index (κ1) is 13.2. The number of hydrogen-bond donors (Lipinski definition) is 1. The van der Waals surface area contributed by atoms with E-state index in [2.05, 4.69) is 0 Å². The van der Waals surface area contributed by atoms with Gasteiger partial charge in [0.25, 0.3) is 0 Å². The molecule has 1 saturated heterocycles. The lowest BCUT2D eigenvalue weighted by atomic mass is 10.1. The third-order valence-electron chi connectivity index (χ3n) is 3.31. The molecular weight excluding hydrogens is 276 g/mol. The number of carbonyl (C=O) groups excluding carboxylic acids is 2. The molecule has 1 amide bonds. The molecule has 2 atom stereocenters. The zero-order valence-corrected chi connectivity index (χ0v) is 11.5. The van der Waals surface area contributed by atoms with Crippen molar-refractivity contribution in [2.75, 3.05) is 5.75 Å². The maximum Gasteiger partial charge on any atom is 0.355 e. The van der Waals surface area contributed by atoms with Gasteiger partial charge in [-0.2, -0.15) is 0 Å². The van der Waals surface area contributed by atoms with Crippen LogP contribution in [0.2, 0.25) is 0 Å². The van der Waals surface area contributed by atoms with Gasteiger partial charge >= 0.3 is 5.97 Å². The Labute approximate surface area is 120 Å². The standard InChI is InChI=1S/C14H14N2O3S/c15-11-12(17)16-10(6-7-20-13(11)16)14(18)19-8-9-4-2-1-3-5-9/h1-6,11,13H,7-8,15H2/t11-,13+/m1/s1. The summed E-state index contributed by atoms with van der Waals surface area (Å²) in [7, 11) is 0. The van der Waals surface area contributed by atoms with Gasteiger partial charge in [-0.1, -0.05) is 30.3 Å². The van der Waals surface area contributed by atoms with Gasteiger partial charge in [-0.05, 0) is 11.6 Å². The van der Waals surface area contributed by atoms with Crippen LogP contribution in [0.3, 0.4) is 0 Å². The van der Waals surface area contributed by atoms with E-state index in [9.17, 15) is 9.59 Å². The summed E-state index contributed by atoms with van der Waals surface area (Å²) in [5.41, 5.74) is 6.94. The van der Waals surface area contributed by atoms with E-state index in [1.165, 1.54) is 4.90 Å². The van der Waals surface area contributed by atoms with Crippen molar-refractivity contribution in [3.8, 4) is 0 Å². The Morgan fingerprint density at radius 2 is 2.15 bits per heavy atom. The van der Waals surface area contributed by atoms with Crippen LogP contribution in [-0.4, -0.2) is 33.9 Å². The van der Waals surface area contributed by atoms with Gasteiger partial charge in [-0.15, -0.1) is 11.8 Å². The number of thioether (sulfide) groups is 1. The summed E-state index contributed by atoms with van der Waals surface area (Å²) in [4.78, 5) is 25.2. The molecule has 20 heavy (non-hydrogen) atoms. The first-order chi connectivity index (χ1) is 9.68. The normalized spacial score (nSPS) is 24.6. The summed E-state index contributed by atoms with van der Waals surface area (Å²) in [5, 5.41) is -0.133. The van der Waals surface area contributed by atoms with E-state index in [1.54, 1.807) is 17.8 Å². The molecular formula is C14H14N2O3S. The Morgan fingerprint density at radius 1 is 1.40 bits per heavy atom. The third kappa shape index (κ3) is 2.21. The number of carbonyl (C=O) groups is 2. The lowest BCUT2D eigenvalue weighted by Gasteiger charge is -2.46. The second-order valence-electron chi connectivity index (χ2n) is 4.61. The van der Waals surface area contributed by atoms with Gasteiger partial charge in [0, 0.05) is 5.75 Å². The number of amides is 1. The third-order valence-corrected chi connectivity index (χ3v) is 4.51. The number of nitrogens with zero attached hydrogens (tertiary/aromatic N) is 1. The zero-order valence-electron chi connectivity index (χ0n) is 10.7. The van der Waals surface area contributed by atoms with Crippen LogP contribution in [0.15, 0.2) is 42.1 Å². The molecule has 1 aromatic rings. The first-order valence-corrected chi connectivity index (χ1v) is 7.35.